The smallest absolute Gasteiger partial charge is 0.227 e. The maximum absolute atomic E-state index is 14.1. The summed E-state index contributed by atoms with van der Waals surface area (Å²) < 4.78 is 15.8. The Morgan fingerprint density at radius 2 is 2.18 bits per heavy atom. The highest BCUT2D eigenvalue weighted by Crippen LogP contribution is 2.38. The molecule has 1 fully saturated rings. The number of aryl methyl sites for hydroxylation is 1. The molecule has 146 valence electrons. The van der Waals surface area contributed by atoms with Crippen LogP contribution >= 0.6 is 0 Å². The Labute approximate surface area is 162 Å². The van der Waals surface area contributed by atoms with Gasteiger partial charge in [0.15, 0.2) is 5.82 Å². The number of carbonyl (C=O) groups is 1. The van der Waals surface area contributed by atoms with E-state index in [0.717, 1.165) is 36.5 Å². The Balaban J connectivity index is 1.60. The van der Waals surface area contributed by atoms with Crippen LogP contribution in [0.5, 0.6) is 0 Å². The maximum atomic E-state index is 14.1. The minimum absolute atomic E-state index is 0.0490. The number of aromatic nitrogens is 3. The molecule has 2 aromatic rings. The van der Waals surface area contributed by atoms with Crippen molar-refractivity contribution in [1.82, 2.24) is 19.7 Å². The SMILES string of the molecule is CC1CCc2ncc(F)cc2[C@@H]2CCCN2C2C=Cn3ncc(c3N2)NC1=O. The summed E-state index contributed by atoms with van der Waals surface area (Å²) in [7, 11) is 0. The van der Waals surface area contributed by atoms with Gasteiger partial charge >= 0.3 is 0 Å². The molecule has 8 heteroatoms. The number of rotatable bonds is 0. The standard InChI is InChI=1S/C20H23FN6O/c1-12-4-5-15-14(9-13(21)10-22-15)17-3-2-7-26(17)18-6-8-27-19(25-18)16(11-23-27)24-20(12)28/h6,8-12,17-18,25H,2-5,7H2,1H3,(H,24,28)/t12?,17-,18?/m0/s1. The quantitative estimate of drug-likeness (QED) is 0.733. The molecule has 0 spiro atoms. The number of nitrogens with one attached hydrogen (secondary N) is 2. The maximum Gasteiger partial charge on any atom is 0.227 e. The first-order valence-corrected chi connectivity index (χ1v) is 9.83. The molecule has 2 aromatic heterocycles. The molecule has 1 saturated heterocycles. The number of carbonyl (C=O) groups excluding carboxylic acids is 1. The minimum atomic E-state index is -0.312. The van der Waals surface area contributed by atoms with Gasteiger partial charge in [-0.3, -0.25) is 14.7 Å². The van der Waals surface area contributed by atoms with Crippen LogP contribution in [0.1, 0.15) is 43.5 Å². The third kappa shape index (κ3) is 2.88. The van der Waals surface area contributed by atoms with Gasteiger partial charge in [0.05, 0.1) is 12.4 Å². The number of halogens is 1. The molecule has 5 heterocycles. The van der Waals surface area contributed by atoms with Crippen molar-refractivity contribution in [3.8, 4) is 0 Å². The average molecular weight is 382 g/mol. The van der Waals surface area contributed by atoms with Crippen LogP contribution in [-0.4, -0.2) is 38.3 Å². The Morgan fingerprint density at radius 1 is 1.29 bits per heavy atom. The molecule has 2 unspecified atom stereocenters. The van der Waals surface area contributed by atoms with E-state index in [1.54, 1.807) is 16.9 Å². The third-order valence-electron chi connectivity index (χ3n) is 5.99. The summed E-state index contributed by atoms with van der Waals surface area (Å²) in [6.45, 7) is 2.82. The molecular formula is C20H23FN6O. The molecule has 1 amide bonds. The van der Waals surface area contributed by atoms with Crippen LogP contribution in [0.15, 0.2) is 24.5 Å². The average Bonchev–Trinajstić information content (AvgIpc) is 3.33. The summed E-state index contributed by atoms with van der Waals surface area (Å²) >= 11 is 0. The zero-order valence-electron chi connectivity index (χ0n) is 15.7. The fourth-order valence-electron chi connectivity index (χ4n) is 4.43. The number of hydrogen-bond donors (Lipinski definition) is 2. The number of amides is 1. The van der Waals surface area contributed by atoms with Crippen LogP contribution in [0.2, 0.25) is 0 Å². The van der Waals surface area contributed by atoms with Crippen molar-refractivity contribution in [1.29, 1.82) is 0 Å². The van der Waals surface area contributed by atoms with E-state index in [1.807, 2.05) is 13.1 Å². The lowest BCUT2D eigenvalue weighted by Crippen LogP contribution is -2.41. The fraction of sp³-hybridized carbons (Fsp3) is 0.450. The van der Waals surface area contributed by atoms with Gasteiger partial charge in [-0.2, -0.15) is 5.10 Å². The number of pyridine rings is 1. The van der Waals surface area contributed by atoms with E-state index in [1.165, 1.54) is 6.20 Å². The van der Waals surface area contributed by atoms with Crippen molar-refractivity contribution in [2.24, 2.45) is 5.92 Å². The van der Waals surface area contributed by atoms with Gasteiger partial charge < -0.3 is 10.6 Å². The molecule has 2 bridgehead atoms. The number of anilines is 2. The number of fused-ring (bicyclic) bond motifs is 5. The van der Waals surface area contributed by atoms with Gasteiger partial charge in [-0.25, -0.2) is 9.07 Å². The monoisotopic (exact) mass is 382 g/mol. The topological polar surface area (TPSA) is 75.1 Å². The molecule has 2 N–H and O–H groups in total. The van der Waals surface area contributed by atoms with Crippen LogP contribution in [0.25, 0.3) is 6.20 Å². The van der Waals surface area contributed by atoms with Gasteiger partial charge in [0, 0.05) is 30.4 Å². The first-order valence-electron chi connectivity index (χ1n) is 9.83. The third-order valence-corrected chi connectivity index (χ3v) is 5.99. The Morgan fingerprint density at radius 3 is 3.07 bits per heavy atom. The predicted molar refractivity (Wildman–Crippen MR) is 104 cm³/mol. The van der Waals surface area contributed by atoms with Crippen LogP contribution < -0.4 is 10.6 Å². The molecule has 3 aliphatic rings. The fourth-order valence-corrected chi connectivity index (χ4v) is 4.43. The van der Waals surface area contributed by atoms with Gasteiger partial charge in [0.2, 0.25) is 5.91 Å². The first-order chi connectivity index (χ1) is 13.6. The highest BCUT2D eigenvalue weighted by atomic mass is 19.1. The zero-order chi connectivity index (χ0) is 19.3. The Bertz CT molecular complexity index is 954. The molecule has 0 aliphatic carbocycles. The van der Waals surface area contributed by atoms with Crippen LogP contribution in [0.3, 0.4) is 0 Å². The molecular weight excluding hydrogens is 359 g/mol. The van der Waals surface area contributed by atoms with E-state index < -0.39 is 0 Å². The molecule has 3 atom stereocenters. The van der Waals surface area contributed by atoms with Crippen LogP contribution in [0, 0.1) is 11.7 Å². The summed E-state index contributed by atoms with van der Waals surface area (Å²) in [5.41, 5.74) is 2.52. The van der Waals surface area contributed by atoms with E-state index in [0.29, 0.717) is 18.5 Å². The second-order valence-electron chi connectivity index (χ2n) is 7.80. The minimum Gasteiger partial charge on any atom is -0.349 e. The Hall–Kier alpha value is -2.74. The summed E-state index contributed by atoms with van der Waals surface area (Å²) in [6, 6.07) is 1.72. The predicted octanol–water partition coefficient (Wildman–Crippen LogP) is 3.00. The van der Waals surface area contributed by atoms with E-state index >= 15 is 0 Å². The van der Waals surface area contributed by atoms with Gasteiger partial charge in [-0.15, -0.1) is 0 Å². The van der Waals surface area contributed by atoms with Crippen molar-refractivity contribution >= 4 is 23.6 Å². The number of nitrogens with zero attached hydrogens (tertiary/aromatic N) is 4. The van der Waals surface area contributed by atoms with Crippen LogP contribution in [0.4, 0.5) is 15.9 Å². The molecule has 3 aliphatic heterocycles. The van der Waals surface area contributed by atoms with E-state index in [-0.39, 0.29) is 29.8 Å². The lowest BCUT2D eigenvalue weighted by Gasteiger charge is -2.34. The van der Waals surface area contributed by atoms with E-state index in [4.69, 9.17) is 0 Å². The molecule has 5 rings (SSSR count). The van der Waals surface area contributed by atoms with Crippen molar-refractivity contribution < 1.29 is 9.18 Å². The summed E-state index contributed by atoms with van der Waals surface area (Å²) in [6.07, 6.45) is 10.2. The largest absolute Gasteiger partial charge is 0.349 e. The molecule has 28 heavy (non-hydrogen) atoms. The van der Waals surface area contributed by atoms with Gasteiger partial charge in [0.1, 0.15) is 17.7 Å². The second kappa shape index (κ2) is 6.70. The van der Waals surface area contributed by atoms with Crippen molar-refractivity contribution in [3.63, 3.8) is 0 Å². The molecule has 0 aromatic carbocycles. The van der Waals surface area contributed by atoms with Crippen molar-refractivity contribution in [2.45, 2.75) is 44.8 Å². The lowest BCUT2D eigenvalue weighted by molar-refractivity contribution is -0.119. The Kier molecular flexibility index (Phi) is 4.16. The molecule has 0 saturated carbocycles. The van der Waals surface area contributed by atoms with E-state index in [2.05, 4.69) is 31.7 Å². The molecule has 0 radical (unpaired) electrons. The van der Waals surface area contributed by atoms with Gasteiger partial charge in [-0.05, 0) is 43.4 Å². The summed E-state index contributed by atoms with van der Waals surface area (Å²) in [5.74, 6) is 0.224. The van der Waals surface area contributed by atoms with E-state index in [9.17, 15) is 9.18 Å². The first kappa shape index (κ1) is 17.4. The van der Waals surface area contributed by atoms with Crippen LogP contribution in [-0.2, 0) is 11.2 Å². The molecule has 7 nitrogen and oxygen atoms in total. The lowest BCUT2D eigenvalue weighted by atomic mass is 9.96. The number of hydrogen-bond acceptors (Lipinski definition) is 5. The van der Waals surface area contributed by atoms with Crippen molar-refractivity contribution in [2.75, 3.05) is 17.2 Å². The summed E-state index contributed by atoms with van der Waals surface area (Å²) in [5, 5.41) is 10.8. The van der Waals surface area contributed by atoms with Gasteiger partial charge in [0.25, 0.3) is 0 Å². The zero-order valence-corrected chi connectivity index (χ0v) is 15.7. The highest BCUT2D eigenvalue weighted by molar-refractivity contribution is 5.95. The summed E-state index contributed by atoms with van der Waals surface area (Å²) in [4.78, 5) is 19.4. The van der Waals surface area contributed by atoms with Gasteiger partial charge in [-0.1, -0.05) is 6.92 Å². The van der Waals surface area contributed by atoms with Crippen molar-refractivity contribution in [3.05, 3.63) is 41.6 Å². The second-order valence-corrected chi connectivity index (χ2v) is 7.80. The highest BCUT2D eigenvalue weighted by Gasteiger charge is 2.35. The normalized spacial score (nSPS) is 26.9.